The summed E-state index contributed by atoms with van der Waals surface area (Å²) in [5.41, 5.74) is 5.49. The molecule has 0 amide bonds. The standard InChI is InChI=1S/C28H31N3O3/c1-5-30(6-2)19-10-13-22-25(16-19)34-26-17-20(31(7-3)8-4)11-14-23(26)27(22)21-12-9-18(29)15-24(21)28(32)33/h9-17,29H,5-8H2,1-4H3,(H,32,33). The molecule has 0 spiro atoms. The lowest BCUT2D eigenvalue weighted by Gasteiger charge is -2.30. The molecule has 6 heteroatoms. The zero-order chi connectivity index (χ0) is 24.4. The van der Waals surface area contributed by atoms with E-state index in [9.17, 15) is 9.90 Å². The first-order valence-electron chi connectivity index (χ1n) is 11.8. The van der Waals surface area contributed by atoms with Crippen LogP contribution in [-0.2, 0) is 4.79 Å². The first-order chi connectivity index (χ1) is 16.4. The molecular weight excluding hydrogens is 426 g/mol. The van der Waals surface area contributed by atoms with Gasteiger partial charge in [-0.2, -0.15) is 0 Å². The number of hydrogen-bond acceptors (Lipinski definition) is 5. The number of carboxylic acid groups (broad SMARTS) is 1. The second-order valence-corrected chi connectivity index (χ2v) is 8.25. The monoisotopic (exact) mass is 457 g/mol. The number of nitrogens with one attached hydrogen (secondary N) is 1. The Morgan fingerprint density at radius 3 is 1.79 bits per heavy atom. The number of allylic oxidation sites excluding steroid dienone is 3. The molecule has 34 heavy (non-hydrogen) atoms. The summed E-state index contributed by atoms with van der Waals surface area (Å²) in [5.74, 6) is 0.357. The first-order valence-corrected chi connectivity index (χ1v) is 11.8. The summed E-state index contributed by atoms with van der Waals surface area (Å²) in [6.45, 7) is 12.0. The second-order valence-electron chi connectivity index (χ2n) is 8.25. The maximum atomic E-state index is 12.1. The zero-order valence-corrected chi connectivity index (χ0v) is 20.2. The maximum absolute atomic E-state index is 12.1. The third-order valence-electron chi connectivity index (χ3n) is 6.47. The highest BCUT2D eigenvalue weighted by molar-refractivity contribution is 6.13. The number of anilines is 2. The van der Waals surface area contributed by atoms with Gasteiger partial charge in [0.25, 0.3) is 0 Å². The highest BCUT2D eigenvalue weighted by atomic mass is 16.5. The van der Waals surface area contributed by atoms with Gasteiger partial charge in [0.1, 0.15) is 11.5 Å². The molecule has 0 bridgehead atoms. The Hall–Kier alpha value is -3.80. The largest absolute Gasteiger partial charge is 0.478 e. The number of hydrogen-bond donors (Lipinski definition) is 2. The van der Waals surface area contributed by atoms with E-state index in [0.717, 1.165) is 54.3 Å². The molecule has 6 nitrogen and oxygen atoms in total. The van der Waals surface area contributed by atoms with E-state index in [2.05, 4.69) is 49.6 Å². The van der Waals surface area contributed by atoms with E-state index in [1.54, 1.807) is 12.2 Å². The molecule has 2 aliphatic rings. The Kier molecular flexibility index (Phi) is 6.59. The van der Waals surface area contributed by atoms with Gasteiger partial charge in [-0.3, -0.25) is 0 Å². The molecule has 0 saturated carbocycles. The van der Waals surface area contributed by atoms with Crippen LogP contribution in [-0.4, -0.2) is 43.0 Å². The van der Waals surface area contributed by atoms with Gasteiger partial charge < -0.3 is 25.1 Å². The number of rotatable bonds is 7. The summed E-state index contributed by atoms with van der Waals surface area (Å²) in [7, 11) is 0. The van der Waals surface area contributed by atoms with Crippen LogP contribution in [0.25, 0.3) is 5.57 Å². The topological polar surface area (TPSA) is 76.9 Å². The lowest BCUT2D eigenvalue weighted by Crippen LogP contribution is -2.22. The number of nitrogens with zero attached hydrogens (tertiary/aromatic N) is 2. The van der Waals surface area contributed by atoms with Crippen LogP contribution in [0.5, 0.6) is 11.5 Å². The maximum Gasteiger partial charge on any atom is 0.336 e. The van der Waals surface area contributed by atoms with Crippen LogP contribution in [0.3, 0.4) is 0 Å². The van der Waals surface area contributed by atoms with Crippen LogP contribution in [0.1, 0.15) is 38.8 Å². The van der Waals surface area contributed by atoms with Crippen LogP contribution in [0.2, 0.25) is 0 Å². The van der Waals surface area contributed by atoms with Crippen LogP contribution < -0.4 is 14.5 Å². The fourth-order valence-corrected chi connectivity index (χ4v) is 4.67. The fraction of sp³-hybridized carbons (Fsp3) is 0.286. The van der Waals surface area contributed by atoms with Gasteiger partial charge in [-0.15, -0.1) is 0 Å². The van der Waals surface area contributed by atoms with Gasteiger partial charge in [-0.1, -0.05) is 6.08 Å². The molecule has 0 radical (unpaired) electrons. The normalized spacial score (nSPS) is 14.2. The molecule has 4 rings (SSSR count). The highest BCUT2D eigenvalue weighted by Gasteiger charge is 2.29. The minimum Gasteiger partial charge on any atom is -0.478 e. The van der Waals surface area contributed by atoms with Gasteiger partial charge in [-0.05, 0) is 69.7 Å². The lowest BCUT2D eigenvalue weighted by molar-refractivity contribution is -0.132. The summed E-state index contributed by atoms with van der Waals surface area (Å²) in [5, 5.41) is 17.9. The van der Waals surface area contributed by atoms with Crippen molar-refractivity contribution in [2.75, 3.05) is 36.0 Å². The van der Waals surface area contributed by atoms with Crippen LogP contribution in [0, 0.1) is 5.41 Å². The van der Waals surface area contributed by atoms with Gasteiger partial charge in [0.05, 0.1) is 11.3 Å². The molecule has 2 N–H and O–H groups in total. The molecule has 1 aliphatic heterocycles. The fourth-order valence-electron chi connectivity index (χ4n) is 4.67. The van der Waals surface area contributed by atoms with Gasteiger partial charge >= 0.3 is 5.97 Å². The highest BCUT2D eigenvalue weighted by Crippen LogP contribution is 2.48. The van der Waals surface area contributed by atoms with Crippen LogP contribution in [0.4, 0.5) is 11.4 Å². The van der Waals surface area contributed by atoms with Crippen molar-refractivity contribution >= 4 is 28.6 Å². The van der Waals surface area contributed by atoms with Crippen molar-refractivity contribution in [3.05, 3.63) is 76.9 Å². The Labute approximate surface area is 201 Å². The van der Waals surface area contributed by atoms with E-state index in [4.69, 9.17) is 10.1 Å². The molecule has 0 saturated heterocycles. The average Bonchev–Trinajstić information content (AvgIpc) is 2.84. The summed E-state index contributed by atoms with van der Waals surface area (Å²) >= 11 is 0. The molecule has 2 aromatic rings. The van der Waals surface area contributed by atoms with E-state index < -0.39 is 5.97 Å². The number of benzene rings is 2. The smallest absolute Gasteiger partial charge is 0.336 e. The Bertz CT molecular complexity index is 1170. The number of carbonyl (C=O) groups is 1. The predicted octanol–water partition coefficient (Wildman–Crippen LogP) is 5.89. The molecule has 0 atom stereocenters. The van der Waals surface area contributed by atoms with Gasteiger partial charge in [0.2, 0.25) is 0 Å². The van der Waals surface area contributed by atoms with Crippen molar-refractivity contribution in [1.82, 2.24) is 0 Å². The predicted molar refractivity (Wildman–Crippen MR) is 139 cm³/mol. The van der Waals surface area contributed by atoms with Crippen LogP contribution >= 0.6 is 0 Å². The molecule has 0 unspecified atom stereocenters. The van der Waals surface area contributed by atoms with Crippen molar-refractivity contribution in [2.24, 2.45) is 0 Å². The van der Waals surface area contributed by atoms with Crippen molar-refractivity contribution in [3.63, 3.8) is 0 Å². The van der Waals surface area contributed by atoms with Crippen molar-refractivity contribution < 1.29 is 14.6 Å². The number of fused-ring (bicyclic) bond motifs is 2. The second kappa shape index (κ2) is 9.59. The van der Waals surface area contributed by atoms with Gasteiger partial charge in [0, 0.05) is 66.4 Å². The molecular formula is C28H31N3O3. The van der Waals surface area contributed by atoms with Crippen LogP contribution in [0.15, 0.2) is 65.8 Å². The zero-order valence-electron chi connectivity index (χ0n) is 20.2. The third kappa shape index (κ3) is 4.12. The summed E-state index contributed by atoms with van der Waals surface area (Å²) < 4.78 is 6.45. The Morgan fingerprint density at radius 1 is 0.853 bits per heavy atom. The third-order valence-corrected chi connectivity index (χ3v) is 6.47. The van der Waals surface area contributed by atoms with Crippen molar-refractivity contribution in [3.8, 4) is 11.5 Å². The summed E-state index contributed by atoms with van der Waals surface area (Å²) in [4.78, 5) is 16.6. The quantitative estimate of drug-likeness (QED) is 0.463. The molecule has 1 aliphatic carbocycles. The number of aliphatic carboxylic acids is 1. The average molecular weight is 458 g/mol. The molecule has 2 aromatic carbocycles. The van der Waals surface area contributed by atoms with E-state index in [1.807, 2.05) is 24.3 Å². The molecule has 0 aromatic heterocycles. The van der Waals surface area contributed by atoms with Gasteiger partial charge in [0.15, 0.2) is 0 Å². The van der Waals surface area contributed by atoms with E-state index in [-0.39, 0.29) is 11.3 Å². The number of carboxylic acids is 1. The molecule has 0 fully saturated rings. The minimum absolute atomic E-state index is 0.113. The van der Waals surface area contributed by atoms with Gasteiger partial charge in [-0.25, -0.2) is 4.79 Å². The first kappa shape index (κ1) is 23.4. The van der Waals surface area contributed by atoms with E-state index >= 15 is 0 Å². The van der Waals surface area contributed by atoms with Crippen molar-refractivity contribution in [2.45, 2.75) is 27.7 Å². The Balaban J connectivity index is 1.98. The molecule has 1 heterocycles. The van der Waals surface area contributed by atoms with E-state index in [1.165, 1.54) is 6.08 Å². The Morgan fingerprint density at radius 2 is 1.35 bits per heavy atom. The number of ether oxygens (including phenoxy) is 1. The summed E-state index contributed by atoms with van der Waals surface area (Å²) in [6, 6.07) is 12.2. The minimum atomic E-state index is -1.05. The lowest BCUT2D eigenvalue weighted by atomic mass is 9.84. The van der Waals surface area contributed by atoms with E-state index in [0.29, 0.717) is 17.1 Å². The summed E-state index contributed by atoms with van der Waals surface area (Å²) in [6.07, 6.45) is 4.78. The SMILES string of the molecule is CCN(CC)c1ccc2c(c1)Oc1cc(N(CC)CC)ccc1C2=C1C=CC(=N)C=C1C(=O)O. The van der Waals surface area contributed by atoms with Crippen molar-refractivity contribution in [1.29, 1.82) is 5.41 Å². The molecule has 176 valence electrons.